The Bertz CT molecular complexity index is 1070. The average molecular weight is 376 g/mol. The summed E-state index contributed by atoms with van der Waals surface area (Å²) in [6.07, 6.45) is -4.43. The Morgan fingerprint density at radius 3 is 2.37 bits per heavy atom. The maximum Gasteiger partial charge on any atom is 0.416 e. The topological polar surface area (TPSA) is 71.3 Å². The molecule has 27 heavy (non-hydrogen) atoms. The second-order valence-electron chi connectivity index (χ2n) is 5.98. The normalized spacial score (nSPS) is 11.6. The van der Waals surface area contributed by atoms with E-state index in [1.54, 1.807) is 24.3 Å². The molecule has 2 N–H and O–H groups in total. The fourth-order valence-corrected chi connectivity index (χ4v) is 2.79. The average Bonchev–Trinajstić information content (AvgIpc) is 2.64. The zero-order chi connectivity index (χ0) is 19.8. The number of fused-ring (bicyclic) bond motifs is 1. The first-order valence-corrected chi connectivity index (χ1v) is 7.95. The van der Waals surface area contributed by atoms with Crippen molar-refractivity contribution < 1.29 is 23.1 Å². The Kier molecular flexibility index (Phi) is 4.65. The minimum Gasteiger partial charge on any atom is -0.502 e. The Morgan fingerprint density at radius 1 is 1.11 bits per heavy atom. The van der Waals surface area contributed by atoms with Crippen molar-refractivity contribution in [1.29, 1.82) is 0 Å². The zero-order valence-corrected chi connectivity index (χ0v) is 14.2. The predicted molar refractivity (Wildman–Crippen MR) is 93.5 cm³/mol. The Labute approximate surface area is 151 Å². The summed E-state index contributed by atoms with van der Waals surface area (Å²) in [7, 11) is 1.48. The zero-order valence-electron chi connectivity index (χ0n) is 14.2. The quantitative estimate of drug-likeness (QED) is 0.738. The van der Waals surface area contributed by atoms with Crippen molar-refractivity contribution in [3.05, 3.63) is 75.6 Å². The summed E-state index contributed by atoms with van der Waals surface area (Å²) in [6.45, 7) is -0.0556. The Morgan fingerprint density at radius 2 is 1.74 bits per heavy atom. The molecule has 0 aliphatic carbocycles. The third kappa shape index (κ3) is 3.51. The van der Waals surface area contributed by atoms with Crippen LogP contribution in [-0.4, -0.2) is 15.6 Å². The fourth-order valence-electron chi connectivity index (χ4n) is 2.79. The highest BCUT2D eigenvalue weighted by molar-refractivity contribution is 6.08. The van der Waals surface area contributed by atoms with Gasteiger partial charge in [0.2, 0.25) is 0 Å². The number of benzene rings is 2. The number of rotatable bonds is 3. The third-order valence-corrected chi connectivity index (χ3v) is 4.24. The molecule has 140 valence electrons. The molecule has 0 atom stereocenters. The molecule has 0 aliphatic heterocycles. The lowest BCUT2D eigenvalue weighted by Crippen LogP contribution is -2.27. The molecule has 3 rings (SSSR count). The first-order chi connectivity index (χ1) is 12.7. The van der Waals surface area contributed by atoms with Crippen LogP contribution in [0.25, 0.3) is 10.9 Å². The van der Waals surface area contributed by atoms with Gasteiger partial charge in [-0.25, -0.2) is 0 Å². The highest BCUT2D eigenvalue weighted by Crippen LogP contribution is 2.29. The molecule has 0 spiro atoms. The van der Waals surface area contributed by atoms with Gasteiger partial charge in [0.25, 0.3) is 11.5 Å². The van der Waals surface area contributed by atoms with Crippen LogP contribution in [0.3, 0.4) is 0 Å². The highest BCUT2D eigenvalue weighted by atomic mass is 19.4. The number of nitrogens with one attached hydrogen (secondary N) is 1. The second-order valence-corrected chi connectivity index (χ2v) is 5.98. The molecule has 0 radical (unpaired) electrons. The molecular formula is C19H15F3N2O3. The van der Waals surface area contributed by atoms with Crippen molar-refractivity contribution in [2.75, 3.05) is 0 Å². The molecule has 5 nitrogen and oxygen atoms in total. The van der Waals surface area contributed by atoms with Crippen LogP contribution in [0.4, 0.5) is 13.2 Å². The van der Waals surface area contributed by atoms with E-state index in [1.807, 2.05) is 0 Å². The predicted octanol–water partition coefficient (Wildman–Crippen LogP) is 3.19. The van der Waals surface area contributed by atoms with Crippen LogP contribution in [0, 0.1) is 0 Å². The van der Waals surface area contributed by atoms with Gasteiger partial charge in [-0.2, -0.15) is 13.2 Å². The number of halogens is 3. The second kappa shape index (κ2) is 6.79. The number of amides is 1. The van der Waals surface area contributed by atoms with E-state index in [-0.39, 0.29) is 12.1 Å². The third-order valence-electron chi connectivity index (χ3n) is 4.24. The Hall–Kier alpha value is -3.29. The van der Waals surface area contributed by atoms with Crippen molar-refractivity contribution in [3.63, 3.8) is 0 Å². The largest absolute Gasteiger partial charge is 0.502 e. The SMILES string of the molecule is Cn1c(=O)c(O)c(C(=O)NCc2ccc(C(F)(F)F)cc2)c2ccccc21. The van der Waals surface area contributed by atoms with Gasteiger partial charge in [0, 0.05) is 19.0 Å². The molecule has 2 aromatic carbocycles. The number of aromatic nitrogens is 1. The van der Waals surface area contributed by atoms with Crippen LogP contribution >= 0.6 is 0 Å². The molecule has 1 aromatic heterocycles. The lowest BCUT2D eigenvalue weighted by atomic mass is 10.1. The van der Waals surface area contributed by atoms with Crippen LogP contribution in [0.1, 0.15) is 21.5 Å². The number of hydrogen-bond acceptors (Lipinski definition) is 3. The summed E-state index contributed by atoms with van der Waals surface area (Å²) < 4.78 is 39.0. The molecule has 3 aromatic rings. The smallest absolute Gasteiger partial charge is 0.416 e. The summed E-state index contributed by atoms with van der Waals surface area (Å²) in [6, 6.07) is 11.0. The van der Waals surface area contributed by atoms with Crippen LogP contribution < -0.4 is 10.9 Å². The van der Waals surface area contributed by atoms with Crippen LogP contribution in [0.5, 0.6) is 5.75 Å². The molecule has 0 saturated heterocycles. The van der Waals surface area contributed by atoms with Gasteiger partial charge in [-0.1, -0.05) is 30.3 Å². The van der Waals surface area contributed by atoms with Gasteiger partial charge in [-0.05, 0) is 23.8 Å². The summed E-state index contributed by atoms with van der Waals surface area (Å²) in [5, 5.41) is 13.1. The number of aryl methyl sites for hydroxylation is 1. The minimum atomic E-state index is -4.43. The molecule has 0 saturated carbocycles. The van der Waals surface area contributed by atoms with E-state index in [4.69, 9.17) is 0 Å². The van der Waals surface area contributed by atoms with Crippen molar-refractivity contribution in [2.24, 2.45) is 7.05 Å². The first-order valence-electron chi connectivity index (χ1n) is 7.95. The molecule has 0 fully saturated rings. The molecule has 0 unspecified atom stereocenters. The first kappa shape index (κ1) is 18.5. The van der Waals surface area contributed by atoms with Crippen LogP contribution in [-0.2, 0) is 19.8 Å². The number of pyridine rings is 1. The van der Waals surface area contributed by atoms with Gasteiger partial charge in [-0.3, -0.25) is 9.59 Å². The molecule has 1 heterocycles. The van der Waals surface area contributed by atoms with Crippen molar-refractivity contribution in [1.82, 2.24) is 9.88 Å². The van der Waals surface area contributed by atoms with E-state index in [0.29, 0.717) is 16.5 Å². The lowest BCUT2D eigenvalue weighted by Gasteiger charge is -2.13. The van der Waals surface area contributed by atoms with Crippen molar-refractivity contribution >= 4 is 16.8 Å². The summed E-state index contributed by atoms with van der Waals surface area (Å²) in [5.74, 6) is -1.37. The standard InChI is InChI=1S/C19H15F3N2O3/c1-24-14-5-3-2-4-13(14)15(16(25)18(24)27)17(26)23-10-11-6-8-12(9-7-11)19(20,21)22/h2-9,25H,10H2,1H3,(H,23,26). The lowest BCUT2D eigenvalue weighted by molar-refractivity contribution is -0.137. The van der Waals surface area contributed by atoms with Gasteiger partial charge < -0.3 is 15.0 Å². The minimum absolute atomic E-state index is 0.0556. The number of para-hydroxylation sites is 1. The van der Waals surface area contributed by atoms with E-state index < -0.39 is 29.0 Å². The van der Waals surface area contributed by atoms with Crippen molar-refractivity contribution in [2.45, 2.75) is 12.7 Å². The van der Waals surface area contributed by atoms with E-state index >= 15 is 0 Å². The summed E-state index contributed by atoms with van der Waals surface area (Å²) in [5.41, 5.74) is -0.745. The van der Waals surface area contributed by atoms with Crippen LogP contribution in [0.15, 0.2) is 53.3 Å². The summed E-state index contributed by atoms with van der Waals surface area (Å²) in [4.78, 5) is 24.7. The monoisotopic (exact) mass is 376 g/mol. The van der Waals surface area contributed by atoms with Gasteiger partial charge in [-0.15, -0.1) is 0 Å². The fraction of sp³-hybridized carbons (Fsp3) is 0.158. The van der Waals surface area contributed by atoms with E-state index in [1.165, 1.54) is 23.7 Å². The van der Waals surface area contributed by atoms with Gasteiger partial charge in [0.1, 0.15) is 0 Å². The summed E-state index contributed by atoms with van der Waals surface area (Å²) >= 11 is 0. The van der Waals surface area contributed by atoms with E-state index in [2.05, 4.69) is 5.32 Å². The number of aromatic hydroxyl groups is 1. The highest BCUT2D eigenvalue weighted by Gasteiger charge is 2.30. The Balaban J connectivity index is 1.88. The maximum absolute atomic E-state index is 12.6. The van der Waals surface area contributed by atoms with Gasteiger partial charge in [0.15, 0.2) is 5.75 Å². The molecule has 0 aliphatic rings. The van der Waals surface area contributed by atoms with Gasteiger partial charge >= 0.3 is 6.18 Å². The number of hydrogen-bond donors (Lipinski definition) is 2. The molecule has 8 heteroatoms. The molecule has 1 amide bonds. The number of nitrogens with zero attached hydrogens (tertiary/aromatic N) is 1. The molecular weight excluding hydrogens is 361 g/mol. The number of carbonyl (C=O) groups is 1. The van der Waals surface area contributed by atoms with E-state index in [9.17, 15) is 27.9 Å². The van der Waals surface area contributed by atoms with E-state index in [0.717, 1.165) is 12.1 Å². The number of alkyl halides is 3. The van der Waals surface area contributed by atoms with Crippen LogP contribution in [0.2, 0.25) is 0 Å². The van der Waals surface area contributed by atoms with Gasteiger partial charge in [0.05, 0.1) is 16.6 Å². The van der Waals surface area contributed by atoms with Crippen molar-refractivity contribution in [3.8, 4) is 5.75 Å². The molecule has 0 bridgehead atoms. The number of carbonyl (C=O) groups excluding carboxylic acids is 1. The maximum atomic E-state index is 12.6.